The SMILES string of the molecule is Cc1ccc(CCc2ccc(N)cc2)cc1.Cl. The highest BCUT2D eigenvalue weighted by atomic mass is 35.5. The Kier molecular flexibility index (Phi) is 5.05. The van der Waals surface area contributed by atoms with Crippen LogP contribution in [0.15, 0.2) is 48.5 Å². The van der Waals surface area contributed by atoms with E-state index >= 15 is 0 Å². The van der Waals surface area contributed by atoms with Crippen LogP contribution in [-0.4, -0.2) is 0 Å². The van der Waals surface area contributed by atoms with Crippen LogP contribution in [0.4, 0.5) is 5.69 Å². The van der Waals surface area contributed by atoms with Gasteiger partial charge in [-0.15, -0.1) is 12.4 Å². The van der Waals surface area contributed by atoms with Crippen molar-refractivity contribution < 1.29 is 0 Å². The summed E-state index contributed by atoms with van der Waals surface area (Å²) >= 11 is 0. The third-order valence-corrected chi connectivity index (χ3v) is 2.80. The summed E-state index contributed by atoms with van der Waals surface area (Å²) in [4.78, 5) is 0. The lowest BCUT2D eigenvalue weighted by molar-refractivity contribution is 0.959. The maximum atomic E-state index is 5.65. The number of benzene rings is 2. The van der Waals surface area contributed by atoms with Crippen molar-refractivity contribution in [2.75, 3.05) is 5.73 Å². The fraction of sp³-hybridized carbons (Fsp3) is 0.200. The Bertz CT molecular complexity index is 400. The molecule has 0 atom stereocenters. The van der Waals surface area contributed by atoms with Gasteiger partial charge in [-0.3, -0.25) is 0 Å². The lowest BCUT2D eigenvalue weighted by Crippen LogP contribution is -1.92. The van der Waals surface area contributed by atoms with Gasteiger partial charge < -0.3 is 5.73 Å². The van der Waals surface area contributed by atoms with Crippen LogP contribution in [0.3, 0.4) is 0 Å². The van der Waals surface area contributed by atoms with Crippen molar-refractivity contribution in [3.8, 4) is 0 Å². The Balaban J connectivity index is 0.00000144. The lowest BCUT2D eigenvalue weighted by Gasteiger charge is -2.03. The summed E-state index contributed by atoms with van der Waals surface area (Å²) in [5.74, 6) is 0. The van der Waals surface area contributed by atoms with Crippen molar-refractivity contribution in [2.24, 2.45) is 0 Å². The van der Waals surface area contributed by atoms with E-state index in [1.807, 2.05) is 12.1 Å². The first-order chi connectivity index (χ1) is 7.74. The molecule has 0 spiro atoms. The van der Waals surface area contributed by atoms with Crippen molar-refractivity contribution in [3.63, 3.8) is 0 Å². The molecule has 0 aromatic heterocycles. The van der Waals surface area contributed by atoms with Gasteiger partial charge in [0.1, 0.15) is 0 Å². The molecular weight excluding hydrogens is 230 g/mol. The summed E-state index contributed by atoms with van der Waals surface area (Å²) in [7, 11) is 0. The molecule has 2 heteroatoms. The summed E-state index contributed by atoms with van der Waals surface area (Å²) < 4.78 is 0. The van der Waals surface area contributed by atoms with Crippen LogP contribution in [-0.2, 0) is 12.8 Å². The van der Waals surface area contributed by atoms with E-state index in [0.717, 1.165) is 18.5 Å². The molecule has 0 radical (unpaired) electrons. The number of anilines is 1. The molecule has 0 bridgehead atoms. The third kappa shape index (κ3) is 4.12. The van der Waals surface area contributed by atoms with Gasteiger partial charge in [0.15, 0.2) is 0 Å². The molecule has 0 heterocycles. The number of hydrogen-bond acceptors (Lipinski definition) is 1. The van der Waals surface area contributed by atoms with Crippen LogP contribution in [0, 0.1) is 6.92 Å². The summed E-state index contributed by atoms with van der Waals surface area (Å²) in [5.41, 5.74) is 10.5. The molecule has 0 amide bonds. The highest BCUT2D eigenvalue weighted by molar-refractivity contribution is 5.85. The molecule has 0 saturated heterocycles. The number of hydrogen-bond donors (Lipinski definition) is 1. The average molecular weight is 248 g/mol. The number of aryl methyl sites for hydroxylation is 3. The highest BCUT2D eigenvalue weighted by Crippen LogP contribution is 2.10. The van der Waals surface area contributed by atoms with E-state index in [0.29, 0.717) is 0 Å². The monoisotopic (exact) mass is 247 g/mol. The maximum Gasteiger partial charge on any atom is 0.0314 e. The predicted octanol–water partition coefficient (Wildman–Crippen LogP) is 3.78. The van der Waals surface area contributed by atoms with Gasteiger partial charge in [0.2, 0.25) is 0 Å². The fourth-order valence-corrected chi connectivity index (χ4v) is 1.73. The first-order valence-corrected chi connectivity index (χ1v) is 5.64. The maximum absolute atomic E-state index is 5.65. The van der Waals surface area contributed by atoms with Crippen LogP contribution in [0.25, 0.3) is 0 Å². The molecule has 0 unspecified atom stereocenters. The molecule has 2 aromatic rings. The van der Waals surface area contributed by atoms with Gasteiger partial charge in [0.25, 0.3) is 0 Å². The molecule has 0 aliphatic heterocycles. The Morgan fingerprint density at radius 1 is 0.765 bits per heavy atom. The zero-order valence-electron chi connectivity index (χ0n) is 10.0. The molecule has 1 nitrogen and oxygen atoms in total. The first kappa shape index (κ1) is 13.6. The van der Waals surface area contributed by atoms with Crippen molar-refractivity contribution >= 4 is 18.1 Å². The van der Waals surface area contributed by atoms with E-state index in [1.165, 1.54) is 16.7 Å². The number of nitrogen functional groups attached to an aromatic ring is 1. The largest absolute Gasteiger partial charge is 0.399 e. The van der Waals surface area contributed by atoms with Crippen molar-refractivity contribution in [2.45, 2.75) is 19.8 Å². The van der Waals surface area contributed by atoms with Gasteiger partial charge in [-0.25, -0.2) is 0 Å². The van der Waals surface area contributed by atoms with Gasteiger partial charge in [-0.05, 0) is 43.0 Å². The van der Waals surface area contributed by atoms with E-state index in [-0.39, 0.29) is 12.4 Å². The Morgan fingerprint density at radius 3 is 1.65 bits per heavy atom. The molecule has 0 aliphatic rings. The number of nitrogens with two attached hydrogens (primary N) is 1. The highest BCUT2D eigenvalue weighted by Gasteiger charge is 1.95. The molecular formula is C15H18ClN. The van der Waals surface area contributed by atoms with Crippen LogP contribution >= 0.6 is 12.4 Å². The standard InChI is InChI=1S/C15H17N.ClH/c1-12-2-4-13(5-3-12)6-7-14-8-10-15(16)11-9-14;/h2-5,8-11H,6-7,16H2,1H3;1H. The molecule has 17 heavy (non-hydrogen) atoms. The second-order valence-electron chi connectivity index (χ2n) is 4.23. The molecule has 0 fully saturated rings. The quantitative estimate of drug-likeness (QED) is 0.821. The van der Waals surface area contributed by atoms with Gasteiger partial charge in [-0.1, -0.05) is 42.0 Å². The van der Waals surface area contributed by atoms with E-state index in [4.69, 9.17) is 5.73 Å². The topological polar surface area (TPSA) is 26.0 Å². The Morgan fingerprint density at radius 2 is 1.18 bits per heavy atom. The van der Waals surface area contributed by atoms with E-state index in [9.17, 15) is 0 Å². The minimum atomic E-state index is 0. The molecule has 2 rings (SSSR count). The summed E-state index contributed by atoms with van der Waals surface area (Å²) in [5, 5.41) is 0. The minimum absolute atomic E-state index is 0. The summed E-state index contributed by atoms with van der Waals surface area (Å²) in [6.07, 6.45) is 2.16. The predicted molar refractivity (Wildman–Crippen MR) is 76.7 cm³/mol. The van der Waals surface area contributed by atoms with Crippen LogP contribution < -0.4 is 5.73 Å². The smallest absolute Gasteiger partial charge is 0.0314 e. The number of rotatable bonds is 3. The van der Waals surface area contributed by atoms with E-state index in [1.54, 1.807) is 0 Å². The zero-order chi connectivity index (χ0) is 11.4. The number of halogens is 1. The van der Waals surface area contributed by atoms with Crippen molar-refractivity contribution in [1.82, 2.24) is 0 Å². The van der Waals surface area contributed by atoms with E-state index in [2.05, 4.69) is 43.3 Å². The first-order valence-electron chi connectivity index (χ1n) is 5.64. The van der Waals surface area contributed by atoms with Gasteiger partial charge in [0.05, 0.1) is 0 Å². The summed E-state index contributed by atoms with van der Waals surface area (Å²) in [6, 6.07) is 16.9. The summed E-state index contributed by atoms with van der Waals surface area (Å²) in [6.45, 7) is 2.11. The Hall–Kier alpha value is -1.47. The second kappa shape index (κ2) is 6.31. The third-order valence-electron chi connectivity index (χ3n) is 2.80. The molecule has 2 N–H and O–H groups in total. The van der Waals surface area contributed by atoms with Crippen LogP contribution in [0.5, 0.6) is 0 Å². The molecule has 0 saturated carbocycles. The molecule has 2 aromatic carbocycles. The average Bonchev–Trinajstić information content (AvgIpc) is 2.30. The lowest BCUT2D eigenvalue weighted by atomic mass is 10.0. The van der Waals surface area contributed by atoms with Crippen molar-refractivity contribution in [3.05, 3.63) is 65.2 Å². The molecule has 0 aliphatic carbocycles. The zero-order valence-corrected chi connectivity index (χ0v) is 10.8. The minimum Gasteiger partial charge on any atom is -0.399 e. The second-order valence-corrected chi connectivity index (χ2v) is 4.23. The van der Waals surface area contributed by atoms with Gasteiger partial charge in [-0.2, -0.15) is 0 Å². The Labute approximate surface area is 109 Å². The van der Waals surface area contributed by atoms with Gasteiger partial charge in [0, 0.05) is 5.69 Å². The van der Waals surface area contributed by atoms with E-state index < -0.39 is 0 Å². The normalized spacial score (nSPS) is 9.71. The van der Waals surface area contributed by atoms with Crippen molar-refractivity contribution in [1.29, 1.82) is 0 Å². The van der Waals surface area contributed by atoms with Crippen LogP contribution in [0.2, 0.25) is 0 Å². The van der Waals surface area contributed by atoms with Crippen LogP contribution in [0.1, 0.15) is 16.7 Å². The fourth-order valence-electron chi connectivity index (χ4n) is 1.73. The molecule has 90 valence electrons. The van der Waals surface area contributed by atoms with Gasteiger partial charge >= 0.3 is 0 Å².